The van der Waals surface area contributed by atoms with Crippen LogP contribution in [0.25, 0.3) is 0 Å². The molecule has 0 aliphatic carbocycles. The Labute approximate surface area is 120 Å². The van der Waals surface area contributed by atoms with E-state index >= 15 is 0 Å². The molecule has 0 aliphatic rings. The maximum absolute atomic E-state index is 5.65. The van der Waals surface area contributed by atoms with E-state index in [4.69, 9.17) is 5.73 Å². The van der Waals surface area contributed by atoms with Crippen molar-refractivity contribution in [3.8, 4) is 0 Å². The molecule has 0 bridgehead atoms. The van der Waals surface area contributed by atoms with Crippen molar-refractivity contribution in [1.82, 2.24) is 14.9 Å². The lowest BCUT2D eigenvalue weighted by Gasteiger charge is -2.28. The van der Waals surface area contributed by atoms with Crippen LogP contribution in [0.5, 0.6) is 0 Å². The number of benzene rings is 1. The lowest BCUT2D eigenvalue weighted by molar-refractivity contribution is 0.196. The number of hydrogen-bond acceptors (Lipinski definition) is 4. The van der Waals surface area contributed by atoms with Gasteiger partial charge in [0.25, 0.3) is 0 Å². The van der Waals surface area contributed by atoms with Gasteiger partial charge in [-0.15, -0.1) is 0 Å². The zero-order valence-corrected chi connectivity index (χ0v) is 11.9. The molecule has 0 fully saturated rings. The summed E-state index contributed by atoms with van der Waals surface area (Å²) in [5.74, 6) is 0. The standard InChI is InChI=1S/C16H22N4/c1-14(16-12-18-9-10-19-16)20(11-5-8-17)13-15-6-3-2-4-7-15/h2-4,6-7,9-10,12,14H,5,8,11,13,17H2,1H3. The van der Waals surface area contributed by atoms with Crippen LogP contribution in [0.3, 0.4) is 0 Å². The predicted molar refractivity (Wildman–Crippen MR) is 81.0 cm³/mol. The number of aromatic nitrogens is 2. The fourth-order valence-corrected chi connectivity index (χ4v) is 2.24. The van der Waals surface area contributed by atoms with Crippen LogP contribution in [0.4, 0.5) is 0 Å². The Morgan fingerprint density at radius 2 is 2.00 bits per heavy atom. The molecule has 4 heteroatoms. The summed E-state index contributed by atoms with van der Waals surface area (Å²) in [6, 6.07) is 10.7. The number of rotatable bonds is 7. The summed E-state index contributed by atoms with van der Waals surface area (Å²) in [4.78, 5) is 11.0. The molecular weight excluding hydrogens is 248 g/mol. The van der Waals surface area contributed by atoms with Gasteiger partial charge in [0.1, 0.15) is 0 Å². The fourth-order valence-electron chi connectivity index (χ4n) is 2.24. The first kappa shape index (κ1) is 14.6. The van der Waals surface area contributed by atoms with E-state index in [0.717, 1.165) is 25.2 Å². The van der Waals surface area contributed by atoms with Crippen LogP contribution in [0, 0.1) is 0 Å². The molecule has 2 aromatic rings. The van der Waals surface area contributed by atoms with E-state index in [1.54, 1.807) is 12.4 Å². The molecule has 0 spiro atoms. The fraction of sp³-hybridized carbons (Fsp3) is 0.375. The van der Waals surface area contributed by atoms with Gasteiger partial charge in [-0.3, -0.25) is 14.9 Å². The van der Waals surface area contributed by atoms with Crippen LogP contribution in [0.1, 0.15) is 30.6 Å². The van der Waals surface area contributed by atoms with Crippen molar-refractivity contribution in [3.05, 3.63) is 60.2 Å². The van der Waals surface area contributed by atoms with Gasteiger partial charge in [0.05, 0.1) is 11.7 Å². The molecule has 2 N–H and O–H groups in total. The largest absolute Gasteiger partial charge is 0.330 e. The molecule has 1 unspecified atom stereocenters. The summed E-state index contributed by atoms with van der Waals surface area (Å²) in [5, 5.41) is 0. The Balaban J connectivity index is 2.10. The van der Waals surface area contributed by atoms with Gasteiger partial charge < -0.3 is 5.73 Å². The number of nitrogens with two attached hydrogens (primary N) is 1. The minimum atomic E-state index is 0.232. The minimum absolute atomic E-state index is 0.232. The molecule has 0 saturated carbocycles. The van der Waals surface area contributed by atoms with Crippen molar-refractivity contribution in [1.29, 1.82) is 0 Å². The SMILES string of the molecule is CC(c1cnccn1)N(CCCN)Cc1ccccc1. The van der Waals surface area contributed by atoms with E-state index in [1.807, 2.05) is 12.3 Å². The van der Waals surface area contributed by atoms with E-state index in [-0.39, 0.29) is 6.04 Å². The van der Waals surface area contributed by atoms with Crippen LogP contribution in [0.2, 0.25) is 0 Å². The Hall–Kier alpha value is -1.78. The van der Waals surface area contributed by atoms with Crippen molar-refractivity contribution >= 4 is 0 Å². The normalized spacial score (nSPS) is 12.6. The minimum Gasteiger partial charge on any atom is -0.330 e. The van der Waals surface area contributed by atoms with Gasteiger partial charge in [0.2, 0.25) is 0 Å². The first-order chi connectivity index (χ1) is 9.81. The first-order valence-electron chi connectivity index (χ1n) is 7.05. The van der Waals surface area contributed by atoms with E-state index in [2.05, 4.69) is 46.1 Å². The first-order valence-corrected chi connectivity index (χ1v) is 7.05. The molecule has 0 radical (unpaired) electrons. The van der Waals surface area contributed by atoms with E-state index < -0.39 is 0 Å². The second kappa shape index (κ2) is 7.72. The van der Waals surface area contributed by atoms with Gasteiger partial charge in [0, 0.05) is 31.7 Å². The molecule has 1 aromatic carbocycles. The predicted octanol–water partition coefficient (Wildman–Crippen LogP) is 2.39. The highest BCUT2D eigenvalue weighted by atomic mass is 15.2. The third-order valence-electron chi connectivity index (χ3n) is 3.44. The second-order valence-electron chi connectivity index (χ2n) is 4.90. The summed E-state index contributed by atoms with van der Waals surface area (Å²) >= 11 is 0. The number of hydrogen-bond donors (Lipinski definition) is 1. The summed E-state index contributed by atoms with van der Waals surface area (Å²) < 4.78 is 0. The maximum atomic E-state index is 5.65. The van der Waals surface area contributed by atoms with Crippen molar-refractivity contribution in [2.75, 3.05) is 13.1 Å². The van der Waals surface area contributed by atoms with Crippen LogP contribution >= 0.6 is 0 Å². The lowest BCUT2D eigenvalue weighted by Crippen LogP contribution is -2.29. The monoisotopic (exact) mass is 270 g/mol. The molecule has 106 valence electrons. The van der Waals surface area contributed by atoms with Gasteiger partial charge in [-0.1, -0.05) is 30.3 Å². The van der Waals surface area contributed by atoms with Crippen molar-refractivity contribution < 1.29 is 0 Å². The highest BCUT2D eigenvalue weighted by Gasteiger charge is 2.16. The molecule has 0 saturated heterocycles. The van der Waals surface area contributed by atoms with E-state index in [1.165, 1.54) is 5.56 Å². The van der Waals surface area contributed by atoms with Crippen LogP contribution in [-0.4, -0.2) is 28.0 Å². The zero-order valence-electron chi connectivity index (χ0n) is 11.9. The topological polar surface area (TPSA) is 55.0 Å². The maximum Gasteiger partial charge on any atom is 0.0755 e. The summed E-state index contributed by atoms with van der Waals surface area (Å²) in [5.41, 5.74) is 7.96. The Morgan fingerprint density at radius 3 is 2.65 bits per heavy atom. The molecule has 4 nitrogen and oxygen atoms in total. The smallest absolute Gasteiger partial charge is 0.0755 e. The molecule has 0 aliphatic heterocycles. The molecule has 2 rings (SSSR count). The summed E-state index contributed by atoms with van der Waals surface area (Å²) in [6.45, 7) is 4.74. The van der Waals surface area contributed by atoms with Crippen molar-refractivity contribution in [3.63, 3.8) is 0 Å². The van der Waals surface area contributed by atoms with Gasteiger partial charge in [0.15, 0.2) is 0 Å². The highest BCUT2D eigenvalue weighted by Crippen LogP contribution is 2.20. The van der Waals surface area contributed by atoms with Gasteiger partial charge in [-0.25, -0.2) is 0 Å². The second-order valence-corrected chi connectivity index (χ2v) is 4.90. The van der Waals surface area contributed by atoms with E-state index in [9.17, 15) is 0 Å². The molecule has 1 atom stereocenters. The van der Waals surface area contributed by atoms with Crippen molar-refractivity contribution in [2.24, 2.45) is 5.73 Å². The average Bonchev–Trinajstić information content (AvgIpc) is 2.52. The van der Waals surface area contributed by atoms with Crippen LogP contribution in [-0.2, 0) is 6.54 Å². The third-order valence-corrected chi connectivity index (χ3v) is 3.44. The lowest BCUT2D eigenvalue weighted by atomic mass is 10.1. The average molecular weight is 270 g/mol. The van der Waals surface area contributed by atoms with Crippen molar-refractivity contribution in [2.45, 2.75) is 25.9 Å². The van der Waals surface area contributed by atoms with Gasteiger partial charge in [-0.2, -0.15) is 0 Å². The molecular formula is C16H22N4. The molecule has 20 heavy (non-hydrogen) atoms. The quantitative estimate of drug-likeness (QED) is 0.839. The Bertz CT molecular complexity index is 486. The van der Waals surface area contributed by atoms with Gasteiger partial charge in [-0.05, 0) is 25.5 Å². The molecule has 0 amide bonds. The summed E-state index contributed by atoms with van der Waals surface area (Å²) in [6.07, 6.45) is 6.27. The van der Waals surface area contributed by atoms with E-state index in [0.29, 0.717) is 6.54 Å². The highest BCUT2D eigenvalue weighted by molar-refractivity contribution is 5.15. The molecule has 1 heterocycles. The Kier molecular flexibility index (Phi) is 5.65. The van der Waals surface area contributed by atoms with Crippen LogP contribution in [0.15, 0.2) is 48.9 Å². The van der Waals surface area contributed by atoms with Crippen LogP contribution < -0.4 is 5.73 Å². The third kappa shape index (κ3) is 4.11. The number of nitrogens with zero attached hydrogens (tertiary/aromatic N) is 3. The summed E-state index contributed by atoms with van der Waals surface area (Å²) in [7, 11) is 0. The Morgan fingerprint density at radius 1 is 1.20 bits per heavy atom. The molecule has 1 aromatic heterocycles. The zero-order chi connectivity index (χ0) is 14.2. The van der Waals surface area contributed by atoms with Gasteiger partial charge >= 0.3 is 0 Å².